The third-order valence-electron chi connectivity index (χ3n) is 2.91. The van der Waals surface area contributed by atoms with E-state index >= 15 is 0 Å². The monoisotopic (exact) mass is 287 g/mol. The molecule has 0 saturated carbocycles. The lowest BCUT2D eigenvalue weighted by Gasteiger charge is -2.25. The summed E-state index contributed by atoms with van der Waals surface area (Å²) in [4.78, 5) is 0. The standard InChI is InChI=1S/C12H21N3O3S/c1-10(11-5-4-6-12(13)9-11)15(2)19(16,17)14-7-8-18-3/h4-6,9-10,14H,7-8,13H2,1-3H3. The molecule has 0 amide bonds. The zero-order chi connectivity index (χ0) is 14.5. The first-order valence-corrected chi connectivity index (χ1v) is 7.39. The van der Waals surface area contributed by atoms with Gasteiger partial charge >= 0.3 is 0 Å². The normalized spacial score (nSPS) is 13.7. The van der Waals surface area contributed by atoms with Crippen molar-refractivity contribution in [3.05, 3.63) is 29.8 Å². The number of nitrogens with two attached hydrogens (primary N) is 1. The van der Waals surface area contributed by atoms with E-state index in [4.69, 9.17) is 10.5 Å². The summed E-state index contributed by atoms with van der Waals surface area (Å²) in [5, 5.41) is 0. The number of rotatable bonds is 7. The highest BCUT2D eigenvalue weighted by atomic mass is 32.2. The molecule has 1 atom stereocenters. The predicted octanol–water partition coefficient (Wildman–Crippen LogP) is 0.742. The third-order valence-corrected chi connectivity index (χ3v) is 4.55. The van der Waals surface area contributed by atoms with Crippen LogP contribution in [-0.2, 0) is 14.9 Å². The van der Waals surface area contributed by atoms with Gasteiger partial charge in [0, 0.05) is 32.4 Å². The fourth-order valence-electron chi connectivity index (χ4n) is 1.61. The lowest BCUT2D eigenvalue weighted by atomic mass is 10.1. The smallest absolute Gasteiger partial charge is 0.279 e. The molecular weight excluding hydrogens is 266 g/mol. The van der Waals surface area contributed by atoms with Crippen LogP contribution in [0.1, 0.15) is 18.5 Å². The molecule has 108 valence electrons. The molecule has 1 unspecified atom stereocenters. The molecule has 0 aliphatic carbocycles. The fourth-order valence-corrected chi connectivity index (χ4v) is 2.69. The minimum atomic E-state index is -3.53. The highest BCUT2D eigenvalue weighted by Gasteiger charge is 2.23. The van der Waals surface area contributed by atoms with Crippen molar-refractivity contribution in [2.75, 3.05) is 33.0 Å². The molecule has 6 nitrogen and oxygen atoms in total. The molecule has 7 heteroatoms. The van der Waals surface area contributed by atoms with E-state index in [1.807, 2.05) is 13.0 Å². The van der Waals surface area contributed by atoms with E-state index in [1.54, 1.807) is 18.2 Å². The molecule has 0 aliphatic rings. The van der Waals surface area contributed by atoms with Crippen LogP contribution in [0.5, 0.6) is 0 Å². The Balaban J connectivity index is 2.78. The number of anilines is 1. The van der Waals surface area contributed by atoms with Crippen LogP contribution in [-0.4, -0.2) is 40.0 Å². The van der Waals surface area contributed by atoms with Gasteiger partial charge in [0.15, 0.2) is 0 Å². The number of ether oxygens (including phenoxy) is 1. The van der Waals surface area contributed by atoms with E-state index in [1.165, 1.54) is 18.5 Å². The Morgan fingerprint density at radius 3 is 2.74 bits per heavy atom. The Kier molecular flexibility index (Phi) is 5.74. The minimum Gasteiger partial charge on any atom is -0.399 e. The van der Waals surface area contributed by atoms with Crippen molar-refractivity contribution in [2.45, 2.75) is 13.0 Å². The van der Waals surface area contributed by atoms with Crippen LogP contribution >= 0.6 is 0 Å². The summed E-state index contributed by atoms with van der Waals surface area (Å²) in [5.74, 6) is 0. The summed E-state index contributed by atoms with van der Waals surface area (Å²) in [5.41, 5.74) is 7.16. The summed E-state index contributed by atoms with van der Waals surface area (Å²) in [6, 6.07) is 6.89. The van der Waals surface area contributed by atoms with Crippen LogP contribution in [0.3, 0.4) is 0 Å². The molecular formula is C12H21N3O3S. The number of nitrogen functional groups attached to an aromatic ring is 1. The average Bonchev–Trinajstić information content (AvgIpc) is 2.37. The van der Waals surface area contributed by atoms with Crippen LogP contribution in [0.2, 0.25) is 0 Å². The molecule has 1 aromatic rings. The van der Waals surface area contributed by atoms with Gasteiger partial charge in [-0.1, -0.05) is 12.1 Å². The number of nitrogens with zero attached hydrogens (tertiary/aromatic N) is 1. The quantitative estimate of drug-likeness (QED) is 0.572. The van der Waals surface area contributed by atoms with E-state index in [0.717, 1.165) is 5.56 Å². The predicted molar refractivity (Wildman–Crippen MR) is 75.8 cm³/mol. The van der Waals surface area contributed by atoms with Crippen molar-refractivity contribution in [3.8, 4) is 0 Å². The minimum absolute atomic E-state index is 0.243. The molecule has 3 N–H and O–H groups in total. The first kappa shape index (κ1) is 15.9. The van der Waals surface area contributed by atoms with E-state index in [-0.39, 0.29) is 12.6 Å². The molecule has 1 aromatic carbocycles. The van der Waals surface area contributed by atoms with Crippen LogP contribution in [0.15, 0.2) is 24.3 Å². The Morgan fingerprint density at radius 1 is 1.47 bits per heavy atom. The Hall–Kier alpha value is -1.15. The summed E-state index contributed by atoms with van der Waals surface area (Å²) in [7, 11) is -0.478. The lowest BCUT2D eigenvalue weighted by Crippen LogP contribution is -2.40. The van der Waals surface area contributed by atoms with Crippen molar-refractivity contribution in [1.82, 2.24) is 9.03 Å². The molecule has 0 spiro atoms. The zero-order valence-corrected chi connectivity index (χ0v) is 12.3. The van der Waals surface area contributed by atoms with E-state index in [2.05, 4.69) is 4.72 Å². The summed E-state index contributed by atoms with van der Waals surface area (Å²) >= 11 is 0. The van der Waals surface area contributed by atoms with Gasteiger partial charge in [-0.05, 0) is 24.6 Å². The second-order valence-electron chi connectivity index (χ2n) is 4.25. The zero-order valence-electron chi connectivity index (χ0n) is 11.5. The Labute approximate surface area is 114 Å². The molecule has 0 heterocycles. The van der Waals surface area contributed by atoms with Crippen molar-refractivity contribution >= 4 is 15.9 Å². The van der Waals surface area contributed by atoms with E-state index in [9.17, 15) is 8.42 Å². The molecule has 0 radical (unpaired) electrons. The van der Waals surface area contributed by atoms with Gasteiger partial charge in [0.1, 0.15) is 0 Å². The van der Waals surface area contributed by atoms with Gasteiger partial charge in [-0.3, -0.25) is 0 Å². The van der Waals surface area contributed by atoms with Gasteiger partial charge in [0.25, 0.3) is 10.2 Å². The first-order chi connectivity index (χ1) is 8.88. The number of hydrogen-bond acceptors (Lipinski definition) is 4. The van der Waals surface area contributed by atoms with Gasteiger partial charge in [0.2, 0.25) is 0 Å². The fraction of sp³-hybridized carbons (Fsp3) is 0.500. The number of benzene rings is 1. The maximum Gasteiger partial charge on any atom is 0.279 e. The van der Waals surface area contributed by atoms with Crippen molar-refractivity contribution in [2.24, 2.45) is 0 Å². The first-order valence-electron chi connectivity index (χ1n) is 5.95. The summed E-state index contributed by atoms with van der Waals surface area (Å²) in [6.07, 6.45) is 0. The topological polar surface area (TPSA) is 84.7 Å². The van der Waals surface area contributed by atoms with Gasteiger partial charge in [-0.25, -0.2) is 0 Å². The van der Waals surface area contributed by atoms with Crippen LogP contribution in [0.4, 0.5) is 5.69 Å². The second-order valence-corrected chi connectivity index (χ2v) is 6.07. The van der Waals surface area contributed by atoms with Crippen molar-refractivity contribution < 1.29 is 13.2 Å². The maximum absolute atomic E-state index is 12.0. The molecule has 0 aliphatic heterocycles. The van der Waals surface area contributed by atoms with Crippen LogP contribution in [0, 0.1) is 0 Å². The van der Waals surface area contributed by atoms with Gasteiger partial charge in [-0.15, -0.1) is 0 Å². The highest BCUT2D eigenvalue weighted by molar-refractivity contribution is 7.87. The Morgan fingerprint density at radius 2 is 2.16 bits per heavy atom. The average molecular weight is 287 g/mol. The maximum atomic E-state index is 12.0. The molecule has 1 rings (SSSR count). The molecule has 0 fully saturated rings. The summed E-state index contributed by atoms with van der Waals surface area (Å²) in [6.45, 7) is 2.39. The highest BCUT2D eigenvalue weighted by Crippen LogP contribution is 2.22. The SMILES string of the molecule is COCCNS(=O)(=O)N(C)C(C)c1cccc(N)c1. The molecule has 19 heavy (non-hydrogen) atoms. The molecule has 0 aromatic heterocycles. The molecule has 0 bridgehead atoms. The molecule has 0 saturated heterocycles. The van der Waals surface area contributed by atoms with Crippen LogP contribution in [0.25, 0.3) is 0 Å². The van der Waals surface area contributed by atoms with Gasteiger partial charge in [0.05, 0.1) is 6.61 Å². The second kappa shape index (κ2) is 6.85. The largest absolute Gasteiger partial charge is 0.399 e. The van der Waals surface area contributed by atoms with Gasteiger partial charge in [-0.2, -0.15) is 17.4 Å². The van der Waals surface area contributed by atoms with E-state index < -0.39 is 10.2 Å². The van der Waals surface area contributed by atoms with Crippen molar-refractivity contribution in [3.63, 3.8) is 0 Å². The lowest BCUT2D eigenvalue weighted by molar-refractivity contribution is 0.203. The van der Waals surface area contributed by atoms with Crippen LogP contribution < -0.4 is 10.5 Å². The Bertz CT molecular complexity index is 505. The van der Waals surface area contributed by atoms with E-state index in [0.29, 0.717) is 12.3 Å². The van der Waals surface area contributed by atoms with Crippen molar-refractivity contribution in [1.29, 1.82) is 0 Å². The van der Waals surface area contributed by atoms with Gasteiger partial charge < -0.3 is 10.5 Å². The number of hydrogen-bond donors (Lipinski definition) is 2. The number of nitrogens with one attached hydrogen (secondary N) is 1. The number of methoxy groups -OCH3 is 1. The summed E-state index contributed by atoms with van der Waals surface area (Å²) < 4.78 is 32.6. The third kappa shape index (κ3) is 4.46.